The molecule has 1 fully saturated rings. The van der Waals surface area contributed by atoms with E-state index in [9.17, 15) is 9.90 Å². The average Bonchev–Trinajstić information content (AvgIpc) is 2.46. The van der Waals surface area contributed by atoms with Gasteiger partial charge in [0.05, 0.1) is 12.1 Å². The Morgan fingerprint density at radius 3 is 2.95 bits per heavy atom. The van der Waals surface area contributed by atoms with E-state index in [1.165, 1.54) is 0 Å². The Morgan fingerprint density at radius 2 is 2.33 bits per heavy atom. The van der Waals surface area contributed by atoms with Gasteiger partial charge in [-0.1, -0.05) is 38.3 Å². The van der Waals surface area contributed by atoms with E-state index in [2.05, 4.69) is 17.2 Å². The number of rotatable bonds is 4. The van der Waals surface area contributed by atoms with Crippen LogP contribution in [0, 0.1) is 5.92 Å². The summed E-state index contributed by atoms with van der Waals surface area (Å²) in [5.41, 5.74) is 0.803. The first kappa shape index (κ1) is 16.2. The van der Waals surface area contributed by atoms with Crippen molar-refractivity contribution in [2.45, 2.75) is 51.5 Å². The molecule has 0 aliphatic heterocycles. The summed E-state index contributed by atoms with van der Waals surface area (Å²) in [6, 6.07) is 3.34. The van der Waals surface area contributed by atoms with Crippen LogP contribution in [0.15, 0.2) is 12.1 Å². The Balaban J connectivity index is 2.18. The zero-order valence-electron chi connectivity index (χ0n) is 12.7. The highest BCUT2D eigenvalue weighted by atomic mass is 35.5. The second-order valence-corrected chi connectivity index (χ2v) is 6.50. The SMILES string of the molecule is CCc1cc(C(=O)NC2(CO)CCCC(C)C2)cc(Cl)n1. The maximum Gasteiger partial charge on any atom is 0.251 e. The number of hydrogen-bond acceptors (Lipinski definition) is 3. The Morgan fingerprint density at radius 1 is 1.57 bits per heavy atom. The van der Waals surface area contributed by atoms with Crippen LogP contribution in [0.3, 0.4) is 0 Å². The molecule has 21 heavy (non-hydrogen) atoms. The van der Waals surface area contributed by atoms with Gasteiger partial charge in [-0.05, 0) is 37.3 Å². The quantitative estimate of drug-likeness (QED) is 0.840. The molecule has 1 aromatic rings. The van der Waals surface area contributed by atoms with Gasteiger partial charge in [-0.15, -0.1) is 0 Å². The van der Waals surface area contributed by atoms with Gasteiger partial charge in [0.1, 0.15) is 5.15 Å². The predicted octanol–water partition coefficient (Wildman–Crippen LogP) is 2.97. The molecule has 0 bridgehead atoms. The first-order valence-electron chi connectivity index (χ1n) is 7.58. The van der Waals surface area contributed by atoms with E-state index >= 15 is 0 Å². The fourth-order valence-electron chi connectivity index (χ4n) is 3.13. The van der Waals surface area contributed by atoms with Crippen molar-refractivity contribution in [1.29, 1.82) is 0 Å². The zero-order chi connectivity index (χ0) is 15.5. The highest BCUT2D eigenvalue weighted by molar-refractivity contribution is 6.29. The molecule has 1 aromatic heterocycles. The third-order valence-corrected chi connectivity index (χ3v) is 4.44. The monoisotopic (exact) mass is 310 g/mol. The van der Waals surface area contributed by atoms with Crippen LogP contribution in [0.5, 0.6) is 0 Å². The molecule has 0 aromatic carbocycles. The molecule has 1 amide bonds. The molecule has 0 saturated heterocycles. The van der Waals surface area contributed by atoms with Crippen molar-refractivity contribution >= 4 is 17.5 Å². The summed E-state index contributed by atoms with van der Waals surface area (Å²) in [6.07, 6.45) is 4.54. The number of nitrogens with one attached hydrogen (secondary N) is 1. The summed E-state index contributed by atoms with van der Waals surface area (Å²) >= 11 is 5.97. The standard InChI is InChI=1S/C16H23ClN2O2/c1-3-13-7-12(8-14(17)18-13)15(21)19-16(10-20)6-4-5-11(2)9-16/h7-8,11,20H,3-6,9-10H2,1-2H3,(H,19,21). The summed E-state index contributed by atoms with van der Waals surface area (Å²) < 4.78 is 0. The minimum absolute atomic E-state index is 0.0253. The third-order valence-electron chi connectivity index (χ3n) is 4.24. The van der Waals surface area contributed by atoms with Gasteiger partial charge < -0.3 is 10.4 Å². The zero-order valence-corrected chi connectivity index (χ0v) is 13.4. The van der Waals surface area contributed by atoms with Crippen LogP contribution in [-0.4, -0.2) is 28.1 Å². The minimum Gasteiger partial charge on any atom is -0.394 e. The molecule has 2 atom stereocenters. The van der Waals surface area contributed by atoms with Crippen molar-refractivity contribution in [1.82, 2.24) is 10.3 Å². The number of hydrogen-bond donors (Lipinski definition) is 2. The Kier molecular flexibility index (Phi) is 5.22. The highest BCUT2D eigenvalue weighted by Crippen LogP contribution is 2.32. The Hall–Kier alpha value is -1.13. The van der Waals surface area contributed by atoms with E-state index in [1.54, 1.807) is 12.1 Å². The molecule has 2 rings (SSSR count). The van der Waals surface area contributed by atoms with E-state index in [-0.39, 0.29) is 12.5 Å². The van der Waals surface area contributed by atoms with Gasteiger partial charge >= 0.3 is 0 Å². The number of aliphatic hydroxyl groups is 1. The van der Waals surface area contributed by atoms with Gasteiger partial charge in [-0.25, -0.2) is 4.98 Å². The van der Waals surface area contributed by atoms with E-state index in [0.29, 0.717) is 16.6 Å². The molecular formula is C16H23ClN2O2. The number of aliphatic hydroxyl groups excluding tert-OH is 1. The molecule has 1 heterocycles. The summed E-state index contributed by atoms with van der Waals surface area (Å²) in [7, 11) is 0. The molecule has 4 nitrogen and oxygen atoms in total. The van der Waals surface area contributed by atoms with Crippen LogP contribution >= 0.6 is 11.6 Å². The molecule has 1 saturated carbocycles. The summed E-state index contributed by atoms with van der Waals surface area (Å²) in [6.45, 7) is 4.11. The number of carbonyl (C=O) groups excluding carboxylic acids is 1. The Labute approximate surface area is 130 Å². The van der Waals surface area contributed by atoms with Crippen molar-refractivity contribution < 1.29 is 9.90 Å². The van der Waals surface area contributed by atoms with E-state index in [1.807, 2.05) is 6.92 Å². The number of aryl methyl sites for hydroxylation is 1. The number of nitrogens with zero attached hydrogens (tertiary/aromatic N) is 1. The van der Waals surface area contributed by atoms with Gasteiger partial charge in [-0.3, -0.25) is 4.79 Å². The molecule has 5 heteroatoms. The van der Waals surface area contributed by atoms with Gasteiger partial charge in [0.15, 0.2) is 0 Å². The van der Waals surface area contributed by atoms with E-state index in [0.717, 1.165) is 37.8 Å². The lowest BCUT2D eigenvalue weighted by Crippen LogP contribution is -2.53. The van der Waals surface area contributed by atoms with Crippen molar-refractivity contribution in [2.75, 3.05) is 6.61 Å². The smallest absolute Gasteiger partial charge is 0.251 e. The summed E-state index contributed by atoms with van der Waals surface area (Å²) in [4.78, 5) is 16.7. The molecule has 0 radical (unpaired) electrons. The van der Waals surface area contributed by atoms with Crippen LogP contribution in [-0.2, 0) is 6.42 Å². The first-order chi connectivity index (χ1) is 9.98. The molecule has 1 aliphatic carbocycles. The van der Waals surface area contributed by atoms with Gasteiger partial charge in [0.2, 0.25) is 0 Å². The molecule has 1 aliphatic rings. The molecule has 0 spiro atoms. The van der Waals surface area contributed by atoms with Crippen molar-refractivity contribution in [3.63, 3.8) is 0 Å². The average molecular weight is 311 g/mol. The molecule has 116 valence electrons. The number of pyridine rings is 1. The number of aromatic nitrogens is 1. The summed E-state index contributed by atoms with van der Waals surface area (Å²) in [5, 5.41) is 13.1. The van der Waals surface area contributed by atoms with Crippen LogP contribution < -0.4 is 5.32 Å². The van der Waals surface area contributed by atoms with Gasteiger partial charge in [0.25, 0.3) is 5.91 Å². The maximum atomic E-state index is 12.5. The molecule has 2 N–H and O–H groups in total. The lowest BCUT2D eigenvalue weighted by molar-refractivity contribution is 0.0697. The second kappa shape index (κ2) is 6.75. The third kappa shape index (κ3) is 3.95. The highest BCUT2D eigenvalue weighted by Gasteiger charge is 2.36. The van der Waals surface area contributed by atoms with E-state index < -0.39 is 5.54 Å². The normalized spacial score (nSPS) is 25.6. The molecular weight excluding hydrogens is 288 g/mol. The fraction of sp³-hybridized carbons (Fsp3) is 0.625. The number of carbonyl (C=O) groups is 1. The minimum atomic E-state index is -0.503. The van der Waals surface area contributed by atoms with Crippen LogP contribution in [0.4, 0.5) is 0 Å². The van der Waals surface area contributed by atoms with Gasteiger partial charge in [-0.2, -0.15) is 0 Å². The van der Waals surface area contributed by atoms with Crippen LogP contribution in [0.25, 0.3) is 0 Å². The van der Waals surface area contributed by atoms with Crippen LogP contribution in [0.2, 0.25) is 5.15 Å². The number of amides is 1. The second-order valence-electron chi connectivity index (χ2n) is 6.12. The van der Waals surface area contributed by atoms with Crippen molar-refractivity contribution in [2.24, 2.45) is 5.92 Å². The van der Waals surface area contributed by atoms with Crippen LogP contribution in [0.1, 0.15) is 55.6 Å². The molecule has 2 unspecified atom stereocenters. The van der Waals surface area contributed by atoms with Crippen molar-refractivity contribution in [3.8, 4) is 0 Å². The lowest BCUT2D eigenvalue weighted by Gasteiger charge is -2.39. The fourth-order valence-corrected chi connectivity index (χ4v) is 3.36. The van der Waals surface area contributed by atoms with Gasteiger partial charge in [0, 0.05) is 11.3 Å². The van der Waals surface area contributed by atoms with E-state index in [4.69, 9.17) is 11.6 Å². The largest absolute Gasteiger partial charge is 0.394 e. The van der Waals surface area contributed by atoms with Crippen molar-refractivity contribution in [3.05, 3.63) is 28.5 Å². The lowest BCUT2D eigenvalue weighted by atomic mass is 9.76. The topological polar surface area (TPSA) is 62.2 Å². The summed E-state index contributed by atoms with van der Waals surface area (Å²) in [5.74, 6) is 0.329. The first-order valence-corrected chi connectivity index (χ1v) is 7.95. The Bertz CT molecular complexity index is 521. The number of halogens is 1. The predicted molar refractivity (Wildman–Crippen MR) is 83.5 cm³/mol. The maximum absolute atomic E-state index is 12.5.